The van der Waals surface area contributed by atoms with E-state index in [2.05, 4.69) is 0 Å². The number of phenols is 1. The van der Waals surface area contributed by atoms with Crippen LogP contribution in [0.15, 0.2) is 12.1 Å². The van der Waals surface area contributed by atoms with Gasteiger partial charge in [-0.05, 0) is 37.1 Å². The number of phenolic OH excluding ortho intramolecular Hbond substituents is 1. The molecule has 0 saturated carbocycles. The van der Waals surface area contributed by atoms with Gasteiger partial charge in [-0.1, -0.05) is 0 Å². The molecule has 1 heterocycles. The van der Waals surface area contributed by atoms with Crippen molar-refractivity contribution in [1.29, 1.82) is 0 Å². The molecule has 1 aromatic heterocycles. The minimum absolute atomic E-state index is 0.163. The summed E-state index contributed by atoms with van der Waals surface area (Å²) in [7, 11) is 1.73. The molecule has 0 fully saturated rings. The van der Waals surface area contributed by atoms with Gasteiger partial charge in [-0.25, -0.2) is 4.79 Å². The number of aryl methyl sites for hydroxylation is 3. The first-order valence-corrected chi connectivity index (χ1v) is 4.95. The number of aromatic hydroxyl groups is 1. The van der Waals surface area contributed by atoms with Crippen molar-refractivity contribution in [3.63, 3.8) is 0 Å². The summed E-state index contributed by atoms with van der Waals surface area (Å²) in [6, 6.07) is 3.23. The second kappa shape index (κ2) is 3.27. The molecule has 0 bridgehead atoms. The maximum Gasteiger partial charge on any atom is 0.352 e. The van der Waals surface area contributed by atoms with Gasteiger partial charge in [0.2, 0.25) is 0 Å². The number of carboxylic acids is 1. The molecule has 2 rings (SSSR count). The van der Waals surface area contributed by atoms with Gasteiger partial charge in [-0.3, -0.25) is 0 Å². The summed E-state index contributed by atoms with van der Waals surface area (Å²) < 4.78 is 1.65. The van der Waals surface area contributed by atoms with Crippen molar-refractivity contribution in [2.45, 2.75) is 13.8 Å². The molecule has 0 aliphatic heterocycles. The van der Waals surface area contributed by atoms with E-state index < -0.39 is 5.97 Å². The number of rotatable bonds is 1. The number of fused-ring (bicyclic) bond motifs is 1. The second-order valence-electron chi connectivity index (χ2n) is 4.00. The number of nitrogens with zero attached hydrogens (tertiary/aromatic N) is 1. The minimum Gasteiger partial charge on any atom is -0.508 e. The highest BCUT2D eigenvalue weighted by Gasteiger charge is 2.18. The van der Waals surface area contributed by atoms with Gasteiger partial charge in [0.25, 0.3) is 0 Å². The zero-order valence-electron chi connectivity index (χ0n) is 9.40. The second-order valence-corrected chi connectivity index (χ2v) is 4.00. The number of aromatic nitrogens is 1. The summed E-state index contributed by atoms with van der Waals surface area (Å²) in [5, 5.41) is 19.4. The molecule has 1 aromatic carbocycles. The fourth-order valence-corrected chi connectivity index (χ4v) is 2.29. The quantitative estimate of drug-likeness (QED) is 0.772. The fourth-order valence-electron chi connectivity index (χ4n) is 2.29. The van der Waals surface area contributed by atoms with Crippen LogP contribution in [0.5, 0.6) is 5.75 Å². The van der Waals surface area contributed by atoms with Crippen molar-refractivity contribution in [3.8, 4) is 5.75 Å². The summed E-state index contributed by atoms with van der Waals surface area (Å²) in [6.45, 7) is 3.61. The Balaban J connectivity index is 2.99. The van der Waals surface area contributed by atoms with Crippen LogP contribution in [0.2, 0.25) is 0 Å². The molecular weight excluding hydrogens is 206 g/mol. The summed E-state index contributed by atoms with van der Waals surface area (Å²) in [5.74, 6) is -0.786. The summed E-state index contributed by atoms with van der Waals surface area (Å²) >= 11 is 0. The van der Waals surface area contributed by atoms with E-state index in [0.717, 1.165) is 16.5 Å². The third kappa shape index (κ3) is 1.26. The SMILES string of the molecule is Cc1c(C(=O)O)n(C)c2c(C)cc(O)cc12. The van der Waals surface area contributed by atoms with Gasteiger partial charge >= 0.3 is 5.97 Å². The Kier molecular flexibility index (Phi) is 2.15. The third-order valence-corrected chi connectivity index (χ3v) is 2.92. The first-order valence-electron chi connectivity index (χ1n) is 4.95. The van der Waals surface area contributed by atoms with E-state index in [-0.39, 0.29) is 11.4 Å². The normalized spacial score (nSPS) is 10.9. The van der Waals surface area contributed by atoms with Gasteiger partial charge in [-0.15, -0.1) is 0 Å². The molecule has 84 valence electrons. The van der Waals surface area contributed by atoms with Crippen LogP contribution in [0.1, 0.15) is 21.6 Å². The Hall–Kier alpha value is -1.97. The smallest absolute Gasteiger partial charge is 0.352 e. The summed E-state index contributed by atoms with van der Waals surface area (Å²) in [6.07, 6.45) is 0. The predicted molar refractivity (Wildman–Crippen MR) is 61.0 cm³/mol. The van der Waals surface area contributed by atoms with Crippen LogP contribution in [-0.4, -0.2) is 20.7 Å². The van der Waals surface area contributed by atoms with E-state index in [0.29, 0.717) is 5.56 Å². The van der Waals surface area contributed by atoms with E-state index in [4.69, 9.17) is 5.11 Å². The molecule has 0 radical (unpaired) electrons. The van der Waals surface area contributed by atoms with Gasteiger partial charge in [0, 0.05) is 12.4 Å². The van der Waals surface area contributed by atoms with Crippen molar-refractivity contribution in [3.05, 3.63) is 29.0 Å². The molecule has 0 saturated heterocycles. The Morgan fingerprint density at radius 1 is 1.31 bits per heavy atom. The van der Waals surface area contributed by atoms with E-state index in [1.807, 2.05) is 6.92 Å². The molecule has 0 amide bonds. The van der Waals surface area contributed by atoms with Gasteiger partial charge in [0.1, 0.15) is 11.4 Å². The van der Waals surface area contributed by atoms with Crippen LogP contribution >= 0.6 is 0 Å². The van der Waals surface area contributed by atoms with Gasteiger partial charge in [-0.2, -0.15) is 0 Å². The largest absolute Gasteiger partial charge is 0.508 e. The zero-order valence-corrected chi connectivity index (χ0v) is 9.40. The molecule has 0 aliphatic carbocycles. The molecule has 0 atom stereocenters. The van der Waals surface area contributed by atoms with Crippen LogP contribution in [0, 0.1) is 13.8 Å². The highest BCUT2D eigenvalue weighted by atomic mass is 16.4. The molecule has 4 heteroatoms. The van der Waals surface area contributed by atoms with Gasteiger partial charge < -0.3 is 14.8 Å². The van der Waals surface area contributed by atoms with Crippen LogP contribution in [0.25, 0.3) is 10.9 Å². The van der Waals surface area contributed by atoms with Crippen LogP contribution < -0.4 is 0 Å². The highest BCUT2D eigenvalue weighted by Crippen LogP contribution is 2.30. The highest BCUT2D eigenvalue weighted by molar-refractivity contribution is 5.99. The number of carboxylic acid groups (broad SMARTS) is 1. The van der Waals surface area contributed by atoms with E-state index in [1.165, 1.54) is 0 Å². The zero-order chi connectivity index (χ0) is 12.0. The lowest BCUT2D eigenvalue weighted by molar-refractivity contribution is 0.0686. The van der Waals surface area contributed by atoms with Gasteiger partial charge in [0.05, 0.1) is 5.52 Å². The predicted octanol–water partition coefficient (Wildman–Crippen LogP) is 2.20. The average molecular weight is 219 g/mol. The van der Waals surface area contributed by atoms with Crippen molar-refractivity contribution >= 4 is 16.9 Å². The Bertz CT molecular complexity index is 596. The Morgan fingerprint density at radius 3 is 2.50 bits per heavy atom. The maximum atomic E-state index is 11.1. The monoisotopic (exact) mass is 219 g/mol. The molecule has 0 aliphatic rings. The third-order valence-electron chi connectivity index (χ3n) is 2.92. The summed E-state index contributed by atoms with van der Waals surface area (Å²) in [5.41, 5.74) is 2.67. The maximum absolute atomic E-state index is 11.1. The molecule has 2 aromatic rings. The molecule has 0 unspecified atom stereocenters. The fraction of sp³-hybridized carbons (Fsp3) is 0.250. The van der Waals surface area contributed by atoms with Crippen LogP contribution in [-0.2, 0) is 7.05 Å². The summed E-state index contributed by atoms with van der Waals surface area (Å²) in [4.78, 5) is 11.1. The Morgan fingerprint density at radius 2 is 1.94 bits per heavy atom. The number of carbonyl (C=O) groups is 1. The number of aromatic carboxylic acids is 1. The topological polar surface area (TPSA) is 62.5 Å². The van der Waals surface area contributed by atoms with Crippen LogP contribution in [0.4, 0.5) is 0 Å². The lowest BCUT2D eigenvalue weighted by Crippen LogP contribution is -2.05. The van der Waals surface area contributed by atoms with Crippen LogP contribution in [0.3, 0.4) is 0 Å². The van der Waals surface area contributed by atoms with Crippen molar-refractivity contribution in [1.82, 2.24) is 4.57 Å². The lowest BCUT2D eigenvalue weighted by atomic mass is 10.1. The first-order chi connectivity index (χ1) is 7.43. The first kappa shape index (κ1) is 10.5. The van der Waals surface area contributed by atoms with Crippen molar-refractivity contribution in [2.24, 2.45) is 7.05 Å². The van der Waals surface area contributed by atoms with Crippen molar-refractivity contribution in [2.75, 3.05) is 0 Å². The molecule has 4 nitrogen and oxygen atoms in total. The molecule has 0 spiro atoms. The van der Waals surface area contributed by atoms with Crippen molar-refractivity contribution < 1.29 is 15.0 Å². The molecule has 2 N–H and O–H groups in total. The number of benzene rings is 1. The molecular formula is C12H13NO3. The number of hydrogen-bond acceptors (Lipinski definition) is 2. The van der Waals surface area contributed by atoms with E-state index >= 15 is 0 Å². The standard InChI is InChI=1S/C12H13NO3/c1-6-4-8(14)5-9-7(2)11(12(15)16)13(3)10(6)9/h4-5,14H,1-3H3,(H,15,16). The average Bonchev–Trinajstić information content (AvgIpc) is 2.38. The Labute approximate surface area is 92.7 Å². The van der Waals surface area contributed by atoms with E-state index in [1.54, 1.807) is 30.7 Å². The van der Waals surface area contributed by atoms with E-state index in [9.17, 15) is 9.90 Å². The molecule has 16 heavy (non-hydrogen) atoms. The minimum atomic E-state index is -0.949. The number of hydrogen-bond donors (Lipinski definition) is 2. The van der Waals surface area contributed by atoms with Gasteiger partial charge in [0.15, 0.2) is 0 Å². The lowest BCUT2D eigenvalue weighted by Gasteiger charge is -2.03.